The van der Waals surface area contributed by atoms with Crippen molar-refractivity contribution in [3.63, 3.8) is 0 Å². The Balaban J connectivity index is 0. The largest absolute Gasteiger partial charge is 2.00 e. The first kappa shape index (κ1) is 19.2. The minimum atomic E-state index is -1.46. The molecule has 0 aliphatic rings. The predicted molar refractivity (Wildman–Crippen MR) is 55.0 cm³/mol. The van der Waals surface area contributed by atoms with Crippen LogP contribution in [-0.2, 0) is 24.3 Å². The third kappa shape index (κ3) is 7.72. The monoisotopic (exact) mass is 316 g/mol. The van der Waals surface area contributed by atoms with Crippen molar-refractivity contribution in [1.82, 2.24) is 4.98 Å². The second-order valence-corrected chi connectivity index (χ2v) is 3.02. The third-order valence-electron chi connectivity index (χ3n) is 1.52. The summed E-state index contributed by atoms with van der Waals surface area (Å²) in [5.41, 5.74) is -0.188. The van der Waals surface area contributed by atoms with Crippen molar-refractivity contribution < 1.29 is 44.2 Å². The van der Waals surface area contributed by atoms with Gasteiger partial charge in [0.05, 0.1) is 11.9 Å². The zero-order valence-corrected chi connectivity index (χ0v) is 13.0. The van der Waals surface area contributed by atoms with Gasteiger partial charge in [-0.1, -0.05) is 6.58 Å². The fourth-order valence-corrected chi connectivity index (χ4v) is 0.645. The summed E-state index contributed by atoms with van der Waals surface area (Å²) in [5, 5.41) is 29.8. The van der Waals surface area contributed by atoms with Crippen LogP contribution in [0.3, 0.4) is 0 Å². The summed E-state index contributed by atoms with van der Waals surface area (Å²) in [4.78, 5) is 32.4. The molecule has 1 rings (SSSR count). The number of carbonyl (C=O) groups excluding carboxylic acids is 2. The molecule has 0 spiro atoms. The average Bonchev–Trinajstić information content (AvgIpc) is 2.29. The molecule has 96 valence electrons. The fourth-order valence-electron chi connectivity index (χ4n) is 0.645. The van der Waals surface area contributed by atoms with Crippen LogP contribution in [0.4, 0.5) is 5.82 Å². The number of rotatable bonds is 3. The minimum absolute atomic E-state index is 0. The number of hydrogen-bond acceptors (Lipinski definition) is 7. The van der Waals surface area contributed by atoms with Gasteiger partial charge in [0.2, 0.25) is 0 Å². The zero-order valence-electron chi connectivity index (χ0n) is 9.99. The van der Waals surface area contributed by atoms with E-state index in [4.69, 9.17) is 0 Å². The molecule has 0 N–H and O–H groups in total. The smallest absolute Gasteiger partial charge is 0.545 e. The van der Waals surface area contributed by atoms with E-state index in [1.807, 2.05) is 0 Å². The maximum atomic E-state index is 10.2. The van der Waals surface area contributed by atoms with E-state index >= 15 is 0 Å². The van der Waals surface area contributed by atoms with Crippen LogP contribution in [0.25, 0.3) is 0 Å². The summed E-state index contributed by atoms with van der Waals surface area (Å²) < 4.78 is 0. The molecule has 8 nitrogen and oxygen atoms in total. The quantitative estimate of drug-likeness (QED) is 0.291. The van der Waals surface area contributed by atoms with Gasteiger partial charge in [-0.05, 0) is 28.5 Å². The van der Waals surface area contributed by atoms with Crippen molar-refractivity contribution in [2.24, 2.45) is 0 Å². The molecule has 0 aliphatic carbocycles. The summed E-state index contributed by atoms with van der Waals surface area (Å²) in [5.74, 6) is -3.15. The van der Waals surface area contributed by atoms with Crippen molar-refractivity contribution >= 4 is 17.8 Å². The standard InChI is InChI=1S/C6H4N2O4.C4H6O2.Zn/c9-6(10)4-1-2-7-5(3-4)8(11)12;1-3(2)4(5)6;/h1-3H,(H,9,10);1H2,2H3,(H,5,6);/q;;+2/p-2. The Morgan fingerprint density at radius 3 is 2.16 bits per heavy atom. The molecule has 9 heteroatoms. The van der Waals surface area contributed by atoms with Gasteiger partial charge in [0, 0.05) is 11.6 Å². The van der Waals surface area contributed by atoms with Gasteiger partial charge in [-0.2, -0.15) is 0 Å². The summed E-state index contributed by atoms with van der Waals surface area (Å²) in [6, 6.07) is 1.97. The first-order chi connectivity index (χ1) is 8.25. The molecule has 0 amide bonds. The van der Waals surface area contributed by atoms with E-state index in [0.29, 0.717) is 0 Å². The van der Waals surface area contributed by atoms with Gasteiger partial charge in [0.25, 0.3) is 0 Å². The van der Waals surface area contributed by atoms with Crippen molar-refractivity contribution in [2.75, 3.05) is 0 Å². The van der Waals surface area contributed by atoms with Crippen molar-refractivity contribution in [3.8, 4) is 0 Å². The molecule has 1 aromatic heterocycles. The number of nitro groups is 1. The van der Waals surface area contributed by atoms with Crippen molar-refractivity contribution in [1.29, 1.82) is 0 Å². The summed E-state index contributed by atoms with van der Waals surface area (Å²) in [7, 11) is 0. The van der Waals surface area contributed by atoms with Crippen LogP contribution in [0.1, 0.15) is 17.3 Å². The Bertz CT molecular complexity index is 461. The minimum Gasteiger partial charge on any atom is -0.545 e. The Kier molecular flexibility index (Phi) is 8.97. The van der Waals surface area contributed by atoms with Gasteiger partial charge in [-0.15, -0.1) is 0 Å². The van der Waals surface area contributed by atoms with Crippen LogP contribution in [0, 0.1) is 10.1 Å². The maximum Gasteiger partial charge on any atom is 2.00 e. The Labute approximate surface area is 120 Å². The molecular formula is C10H8N2O6Zn. The number of aromatic carboxylic acids is 1. The van der Waals surface area contributed by atoms with Crippen molar-refractivity contribution in [2.45, 2.75) is 6.92 Å². The molecule has 1 aromatic rings. The number of carboxylic acid groups (broad SMARTS) is 2. The van der Waals surface area contributed by atoms with Gasteiger partial charge < -0.3 is 29.9 Å². The summed E-state index contributed by atoms with van der Waals surface area (Å²) >= 11 is 0. The molecule has 0 saturated carbocycles. The van der Waals surface area contributed by atoms with E-state index < -0.39 is 22.7 Å². The van der Waals surface area contributed by atoms with E-state index in [0.717, 1.165) is 18.3 Å². The fraction of sp³-hybridized carbons (Fsp3) is 0.100. The number of hydrogen-bond donors (Lipinski definition) is 0. The van der Waals surface area contributed by atoms with Gasteiger partial charge in [-0.25, -0.2) is 0 Å². The van der Waals surface area contributed by atoms with Gasteiger partial charge in [0.1, 0.15) is 6.20 Å². The number of carboxylic acids is 2. The molecule has 0 aromatic carbocycles. The second kappa shape index (κ2) is 8.87. The Morgan fingerprint density at radius 2 is 1.84 bits per heavy atom. The van der Waals surface area contributed by atoms with Gasteiger partial charge in [-0.3, -0.25) is 0 Å². The molecule has 0 unspecified atom stereocenters. The molecule has 0 bridgehead atoms. The number of nitrogens with zero attached hydrogens (tertiary/aromatic N) is 2. The normalized spacial score (nSPS) is 8.26. The summed E-state index contributed by atoms with van der Waals surface area (Å²) in [6.07, 6.45) is 1.04. The molecular weight excluding hydrogens is 310 g/mol. The average molecular weight is 318 g/mol. The first-order valence-electron chi connectivity index (χ1n) is 4.44. The molecule has 0 atom stereocenters. The second-order valence-electron chi connectivity index (χ2n) is 3.02. The van der Waals surface area contributed by atoms with Crippen LogP contribution < -0.4 is 10.2 Å². The van der Waals surface area contributed by atoms with Crippen LogP contribution in [0.2, 0.25) is 0 Å². The SMILES string of the molecule is C=C(C)C(=O)[O-].O=C([O-])c1ccnc([N+](=O)[O-])c1.[Zn+2]. The van der Waals surface area contributed by atoms with E-state index in [2.05, 4.69) is 11.6 Å². The van der Waals surface area contributed by atoms with E-state index in [-0.39, 0.29) is 30.6 Å². The molecule has 19 heavy (non-hydrogen) atoms. The molecule has 0 aliphatic heterocycles. The van der Waals surface area contributed by atoms with Crippen LogP contribution in [0.15, 0.2) is 30.5 Å². The first-order valence-corrected chi connectivity index (χ1v) is 4.44. The number of carbonyl (C=O) groups is 2. The zero-order chi connectivity index (χ0) is 14.3. The van der Waals surface area contributed by atoms with Crippen LogP contribution in [0.5, 0.6) is 0 Å². The number of aromatic nitrogens is 1. The Morgan fingerprint density at radius 1 is 1.37 bits per heavy atom. The Hall–Kier alpha value is -2.15. The van der Waals surface area contributed by atoms with Gasteiger partial charge in [0.15, 0.2) is 0 Å². The van der Waals surface area contributed by atoms with E-state index in [1.54, 1.807) is 0 Å². The van der Waals surface area contributed by atoms with Crippen LogP contribution >= 0.6 is 0 Å². The molecule has 0 fully saturated rings. The predicted octanol–water partition coefficient (Wildman–Crippen LogP) is -1.34. The molecule has 0 radical (unpaired) electrons. The van der Waals surface area contributed by atoms with Crippen molar-refractivity contribution in [3.05, 3.63) is 46.2 Å². The van der Waals surface area contributed by atoms with Gasteiger partial charge >= 0.3 is 25.3 Å². The molecule has 0 saturated heterocycles. The molecule has 1 heterocycles. The third-order valence-corrected chi connectivity index (χ3v) is 1.52. The summed E-state index contributed by atoms with van der Waals surface area (Å²) in [6.45, 7) is 4.48. The number of aliphatic carboxylic acids is 1. The van der Waals surface area contributed by atoms with E-state index in [9.17, 15) is 29.9 Å². The maximum absolute atomic E-state index is 10.2. The van der Waals surface area contributed by atoms with Crippen LogP contribution in [-0.4, -0.2) is 21.8 Å². The topological polar surface area (TPSA) is 136 Å². The van der Waals surface area contributed by atoms with E-state index in [1.165, 1.54) is 6.92 Å². The number of pyridine rings is 1.